The van der Waals surface area contributed by atoms with Crippen molar-refractivity contribution in [2.24, 2.45) is 23.7 Å². The fourth-order valence-electron chi connectivity index (χ4n) is 12.9. The average Bonchev–Trinajstić information content (AvgIpc) is 3.96. The maximum absolute atomic E-state index is 13.4. The minimum absolute atomic E-state index is 0.0960. The molecule has 7 aromatic rings. The predicted octanol–water partition coefficient (Wildman–Crippen LogP) is 8.14. The van der Waals surface area contributed by atoms with Gasteiger partial charge in [-0.15, -0.1) is 22.7 Å². The molecule has 14 rings (SSSR count). The molecule has 75 heavy (non-hydrogen) atoms. The van der Waals surface area contributed by atoms with Crippen LogP contribution in [-0.2, 0) is 20.3 Å². The second-order valence-electron chi connectivity index (χ2n) is 20.9. The summed E-state index contributed by atoms with van der Waals surface area (Å²) in [5.74, 6) is 2.57. The van der Waals surface area contributed by atoms with E-state index in [0.29, 0.717) is 42.0 Å². The first-order valence-electron chi connectivity index (χ1n) is 25.7. The third-order valence-corrected chi connectivity index (χ3v) is 20.5. The first kappa shape index (κ1) is 49.5. The average molecular weight is 1280 g/mol. The molecular formula is C51H54I2N14O6S2. The first-order chi connectivity index (χ1) is 36.4. The van der Waals surface area contributed by atoms with Gasteiger partial charge in [-0.25, -0.2) is 44.1 Å². The van der Waals surface area contributed by atoms with E-state index in [0.717, 1.165) is 154 Å². The van der Waals surface area contributed by atoms with Crippen LogP contribution >= 0.6 is 67.9 Å². The topological polar surface area (TPSA) is 225 Å². The number of aryl methyl sites for hydroxylation is 2. The maximum Gasteiger partial charge on any atom is 0.404 e. The van der Waals surface area contributed by atoms with E-state index in [1.807, 2.05) is 47.7 Å². The Labute approximate surface area is 466 Å². The van der Waals surface area contributed by atoms with Crippen LogP contribution in [0.5, 0.6) is 0 Å². The monoisotopic (exact) mass is 1280 g/mol. The summed E-state index contributed by atoms with van der Waals surface area (Å²) in [4.78, 5) is 73.3. The maximum atomic E-state index is 13.4. The number of anilines is 2. The van der Waals surface area contributed by atoms with Crippen molar-refractivity contribution in [1.82, 2.24) is 59.7 Å². The van der Waals surface area contributed by atoms with Gasteiger partial charge in [0.05, 0.1) is 23.5 Å². The van der Waals surface area contributed by atoms with E-state index in [1.165, 1.54) is 4.90 Å². The summed E-state index contributed by atoms with van der Waals surface area (Å²) in [6.07, 6.45) is 10.6. The molecular weight excluding hydrogens is 1220 g/mol. The van der Waals surface area contributed by atoms with E-state index in [1.54, 1.807) is 34.8 Å². The van der Waals surface area contributed by atoms with Gasteiger partial charge >= 0.3 is 6.09 Å². The predicted molar refractivity (Wildman–Crippen MR) is 296 cm³/mol. The molecule has 0 spiro atoms. The van der Waals surface area contributed by atoms with Crippen LogP contribution in [0.15, 0.2) is 47.4 Å². The second kappa shape index (κ2) is 19.5. The van der Waals surface area contributed by atoms with Crippen molar-refractivity contribution >= 4 is 120 Å². The van der Waals surface area contributed by atoms with Crippen LogP contribution in [0.25, 0.3) is 22.3 Å². The fourth-order valence-corrected chi connectivity index (χ4v) is 16.4. The summed E-state index contributed by atoms with van der Waals surface area (Å²) < 4.78 is 17.5. The normalized spacial score (nSPS) is 28.0. The highest BCUT2D eigenvalue weighted by Gasteiger charge is 2.70. The number of hydrogen-bond acceptors (Lipinski definition) is 17. The van der Waals surface area contributed by atoms with Gasteiger partial charge in [0.15, 0.2) is 31.2 Å². The second-order valence-corrected chi connectivity index (χ2v) is 24.6. The van der Waals surface area contributed by atoms with Gasteiger partial charge < -0.3 is 29.7 Å². The van der Waals surface area contributed by atoms with Gasteiger partial charge in [-0.05, 0) is 146 Å². The molecule has 20 nitrogen and oxygen atoms in total. The summed E-state index contributed by atoms with van der Waals surface area (Å²) in [6, 6.07) is 7.12. The zero-order valence-electron chi connectivity index (χ0n) is 41.3. The van der Waals surface area contributed by atoms with Gasteiger partial charge in [-0.3, -0.25) is 14.5 Å². The number of nitrogens with one attached hydrogen (secondary N) is 1. The van der Waals surface area contributed by atoms with Crippen LogP contribution in [0.4, 0.5) is 16.4 Å². The van der Waals surface area contributed by atoms with Crippen molar-refractivity contribution in [2.45, 2.75) is 88.5 Å². The lowest BCUT2D eigenvalue weighted by Gasteiger charge is -2.27. The van der Waals surface area contributed by atoms with Gasteiger partial charge in [0.1, 0.15) is 32.7 Å². The fraction of sp³-hybridized carbons (Fsp3) is 0.510. The number of imide groups is 1. The number of ether oxygens (including phenoxy) is 2. The molecule has 390 valence electrons. The highest BCUT2D eigenvalue weighted by Crippen LogP contribution is 2.65. The van der Waals surface area contributed by atoms with Crippen molar-refractivity contribution in [2.75, 3.05) is 62.3 Å². The van der Waals surface area contributed by atoms with E-state index < -0.39 is 6.09 Å². The number of benzene rings is 1. The lowest BCUT2D eigenvalue weighted by atomic mass is 10.0. The molecule has 5 aliphatic heterocycles. The SMILES string of the molecule is Cc1csc(C2(CN3C(=O)c4ccccc4C3=O)C3CCN(c4cnc5c(I)nn(C6CCCCO6)c5n4)CC32)n1.Cc1csc(C2(CNC(=O)O)C3CCN(c4cnc5c(I)nn(C6CCCCO6)c5n4)CC32)n1. The summed E-state index contributed by atoms with van der Waals surface area (Å²) in [5.41, 5.74) is 5.46. The number of rotatable bonds is 10. The number of thiazole rings is 2. The van der Waals surface area contributed by atoms with Crippen molar-refractivity contribution in [3.63, 3.8) is 0 Å². The number of piperidine rings is 2. The Hall–Kier alpha value is -5.03. The van der Waals surface area contributed by atoms with Gasteiger partial charge in [-0.2, -0.15) is 10.2 Å². The minimum Gasteiger partial charge on any atom is -0.465 e. The molecule has 4 saturated heterocycles. The van der Waals surface area contributed by atoms with Crippen LogP contribution < -0.4 is 15.1 Å². The Kier molecular flexibility index (Phi) is 12.9. The number of carbonyl (C=O) groups excluding carboxylic acids is 2. The molecule has 24 heteroatoms. The molecule has 1 aromatic carbocycles. The Morgan fingerprint density at radius 3 is 1.67 bits per heavy atom. The molecule has 8 unspecified atom stereocenters. The van der Waals surface area contributed by atoms with Crippen LogP contribution in [0.1, 0.15) is 106 Å². The molecule has 2 aliphatic carbocycles. The Balaban J connectivity index is 0.000000147. The van der Waals surface area contributed by atoms with Gasteiger partial charge in [-0.1, -0.05) is 12.1 Å². The number of carboxylic acid groups (broad SMARTS) is 1. The van der Waals surface area contributed by atoms with E-state index in [2.05, 4.69) is 71.1 Å². The number of nitrogens with zero attached hydrogens (tertiary/aromatic N) is 13. The van der Waals surface area contributed by atoms with Crippen LogP contribution in [0, 0.1) is 44.9 Å². The van der Waals surface area contributed by atoms with Crippen molar-refractivity contribution in [1.29, 1.82) is 0 Å². The number of carbonyl (C=O) groups is 3. The van der Waals surface area contributed by atoms with E-state index in [4.69, 9.17) is 49.6 Å². The Bertz CT molecular complexity index is 3360. The highest BCUT2D eigenvalue weighted by molar-refractivity contribution is 14.1. The number of amides is 3. The molecule has 6 aromatic heterocycles. The number of hydrogen-bond donors (Lipinski definition) is 2. The molecule has 6 fully saturated rings. The summed E-state index contributed by atoms with van der Waals surface area (Å²) in [6.45, 7) is 9.45. The van der Waals surface area contributed by atoms with E-state index >= 15 is 0 Å². The number of halogens is 2. The zero-order valence-corrected chi connectivity index (χ0v) is 47.2. The lowest BCUT2D eigenvalue weighted by molar-refractivity contribution is -0.0373. The molecule has 8 atom stereocenters. The molecule has 2 N–H and O–H groups in total. The van der Waals surface area contributed by atoms with Crippen LogP contribution in [0.3, 0.4) is 0 Å². The molecule has 3 amide bonds. The standard InChI is InChI=1S/C29H28IN7O3S.C22H26IN7O3S/c1-16-14-41-28(32-16)29(15-36-26(38)17-6-2-3-7-18(17)27(36)39)19-9-10-35(13-20(19)29)21-12-31-23-24(30)34-37(25(23)33-21)22-8-4-5-11-40-22;1-12-10-34-20(26-12)22(11-25-21(31)32)13-5-6-29(9-14(13)22)15-8-24-17-18(23)28-30(19(17)27-15)16-4-2-3-7-33-16/h2-3,6-7,12,14,19-20,22H,4-5,8-11,13,15H2,1H3;8,10,13-14,16,25H,2-7,9,11H2,1H3,(H,31,32). The Morgan fingerprint density at radius 1 is 0.707 bits per heavy atom. The molecule has 2 saturated carbocycles. The summed E-state index contributed by atoms with van der Waals surface area (Å²) >= 11 is 7.72. The van der Waals surface area contributed by atoms with Crippen LogP contribution in [-0.4, -0.2) is 130 Å². The largest absolute Gasteiger partial charge is 0.465 e. The van der Waals surface area contributed by atoms with Gasteiger partial charge in [0.25, 0.3) is 11.8 Å². The van der Waals surface area contributed by atoms with E-state index in [9.17, 15) is 19.5 Å². The highest BCUT2D eigenvalue weighted by atomic mass is 127. The molecule has 0 radical (unpaired) electrons. The third kappa shape index (κ3) is 8.48. The smallest absolute Gasteiger partial charge is 0.404 e. The summed E-state index contributed by atoms with van der Waals surface area (Å²) in [5, 5.41) is 27.5. The van der Waals surface area contributed by atoms with E-state index in [-0.39, 0.29) is 41.0 Å². The molecule has 7 aliphatic rings. The Morgan fingerprint density at radius 2 is 1.20 bits per heavy atom. The zero-order chi connectivity index (χ0) is 51.3. The molecule has 11 heterocycles. The first-order valence-corrected chi connectivity index (χ1v) is 29.7. The van der Waals surface area contributed by atoms with Crippen molar-refractivity contribution < 1.29 is 29.0 Å². The van der Waals surface area contributed by atoms with Crippen LogP contribution in [0.2, 0.25) is 0 Å². The molecule has 0 bridgehead atoms. The lowest BCUT2D eigenvalue weighted by Crippen LogP contribution is -2.39. The van der Waals surface area contributed by atoms with Gasteiger partial charge in [0.2, 0.25) is 0 Å². The number of aromatic nitrogens is 10. The third-order valence-electron chi connectivity index (χ3n) is 16.7. The van der Waals surface area contributed by atoms with Crippen molar-refractivity contribution in [3.05, 3.63) is 87.4 Å². The van der Waals surface area contributed by atoms with Gasteiger partial charge in [0, 0.05) is 85.5 Å². The minimum atomic E-state index is -0.989. The quantitative estimate of drug-likeness (QED) is 0.0974. The van der Waals surface area contributed by atoms with Crippen molar-refractivity contribution in [3.8, 4) is 0 Å². The summed E-state index contributed by atoms with van der Waals surface area (Å²) in [7, 11) is 0. The number of fused-ring (bicyclic) bond motifs is 5.